The Morgan fingerprint density at radius 3 is 2.53 bits per heavy atom. The monoisotopic (exact) mass is 603 g/mol. The maximum Gasteiger partial charge on any atom is 0.251 e. The van der Waals surface area contributed by atoms with Crippen molar-refractivity contribution in [3.8, 4) is 23.1 Å². The zero-order valence-corrected chi connectivity index (χ0v) is 26.3. The molecular formula is C33H41N5O4S. The third-order valence-corrected chi connectivity index (χ3v) is 10.3. The lowest BCUT2D eigenvalue weighted by Gasteiger charge is -2.32. The van der Waals surface area contributed by atoms with Gasteiger partial charge in [-0.05, 0) is 44.9 Å². The molecule has 0 bridgehead atoms. The summed E-state index contributed by atoms with van der Waals surface area (Å²) in [5.74, 6) is 6.06. The van der Waals surface area contributed by atoms with Gasteiger partial charge >= 0.3 is 0 Å². The number of piperazine rings is 1. The van der Waals surface area contributed by atoms with Crippen molar-refractivity contribution in [1.82, 2.24) is 20.1 Å². The topological polar surface area (TPSA) is 95.1 Å². The smallest absolute Gasteiger partial charge is 0.251 e. The number of likely N-dealkylation sites (tertiary alicyclic amines) is 1. The maximum absolute atomic E-state index is 14.0. The van der Waals surface area contributed by atoms with Crippen LogP contribution in [0.5, 0.6) is 0 Å². The molecular weight excluding hydrogens is 562 g/mol. The van der Waals surface area contributed by atoms with E-state index in [9.17, 15) is 14.4 Å². The van der Waals surface area contributed by atoms with Crippen LogP contribution in [-0.2, 0) is 14.3 Å². The van der Waals surface area contributed by atoms with Crippen LogP contribution in [0.4, 0.5) is 5.13 Å². The molecule has 4 heterocycles. The van der Waals surface area contributed by atoms with Gasteiger partial charge in [0.1, 0.15) is 24.8 Å². The number of nitrogens with zero attached hydrogens (tertiary/aromatic N) is 4. The quantitative estimate of drug-likeness (QED) is 0.486. The summed E-state index contributed by atoms with van der Waals surface area (Å²) in [7, 11) is 2.14. The summed E-state index contributed by atoms with van der Waals surface area (Å²) in [6.07, 6.45) is 2.53. The van der Waals surface area contributed by atoms with Gasteiger partial charge in [0.25, 0.3) is 5.91 Å². The fraction of sp³-hybridized carbons (Fsp3) is 0.576. The normalized spacial score (nSPS) is 25.2. The summed E-state index contributed by atoms with van der Waals surface area (Å²) >= 11 is 1.70. The number of benzene rings is 1. The highest BCUT2D eigenvalue weighted by Gasteiger charge is 2.53. The zero-order valence-electron chi connectivity index (χ0n) is 25.5. The Morgan fingerprint density at radius 1 is 1.14 bits per heavy atom. The molecule has 4 fully saturated rings. The Morgan fingerprint density at radius 2 is 1.86 bits per heavy atom. The summed E-state index contributed by atoms with van der Waals surface area (Å²) in [6.45, 7) is 10.4. The van der Waals surface area contributed by atoms with E-state index in [0.29, 0.717) is 24.4 Å². The minimum atomic E-state index is -0.756. The van der Waals surface area contributed by atoms with E-state index in [4.69, 9.17) is 9.72 Å². The summed E-state index contributed by atoms with van der Waals surface area (Å²) in [5.41, 5.74) is 2.37. The first-order valence-electron chi connectivity index (χ1n) is 15.5. The van der Waals surface area contributed by atoms with Crippen molar-refractivity contribution in [2.24, 2.45) is 17.8 Å². The van der Waals surface area contributed by atoms with E-state index in [1.807, 2.05) is 26.0 Å². The van der Waals surface area contributed by atoms with Crippen LogP contribution in [0.3, 0.4) is 0 Å². The lowest BCUT2D eigenvalue weighted by Crippen LogP contribution is -2.54. The van der Waals surface area contributed by atoms with Crippen molar-refractivity contribution in [1.29, 1.82) is 0 Å². The van der Waals surface area contributed by atoms with Crippen LogP contribution in [0.1, 0.15) is 48.3 Å². The molecule has 6 rings (SSSR count). The van der Waals surface area contributed by atoms with Crippen molar-refractivity contribution >= 4 is 34.1 Å². The van der Waals surface area contributed by atoms with E-state index >= 15 is 0 Å². The second-order valence-corrected chi connectivity index (χ2v) is 13.6. The third kappa shape index (κ3) is 6.21. The van der Waals surface area contributed by atoms with Gasteiger partial charge in [-0.3, -0.25) is 14.4 Å². The van der Waals surface area contributed by atoms with E-state index in [0.717, 1.165) is 60.3 Å². The Labute approximate surface area is 258 Å². The highest BCUT2D eigenvalue weighted by molar-refractivity contribution is 7.16. The van der Waals surface area contributed by atoms with Gasteiger partial charge in [-0.25, -0.2) is 4.98 Å². The van der Waals surface area contributed by atoms with Gasteiger partial charge in [0.05, 0.1) is 11.6 Å². The van der Waals surface area contributed by atoms with Crippen LogP contribution in [0.2, 0.25) is 0 Å². The molecule has 0 radical (unpaired) electrons. The van der Waals surface area contributed by atoms with Crippen LogP contribution >= 0.6 is 11.3 Å². The molecule has 1 aliphatic carbocycles. The summed E-state index contributed by atoms with van der Waals surface area (Å²) in [4.78, 5) is 52.6. The van der Waals surface area contributed by atoms with Crippen LogP contribution in [0, 0.1) is 36.5 Å². The van der Waals surface area contributed by atoms with Crippen LogP contribution in [0.15, 0.2) is 24.3 Å². The fourth-order valence-corrected chi connectivity index (χ4v) is 7.09. The Kier molecular flexibility index (Phi) is 8.58. The number of carbonyl (C=O) groups excluding carboxylic acids is 3. The number of anilines is 1. The molecule has 3 aliphatic heterocycles. The molecule has 228 valence electrons. The number of Topliss-reactive ketones (excluding diaryl/α,β-unsaturated/α-hetero) is 1. The van der Waals surface area contributed by atoms with Gasteiger partial charge in [0.2, 0.25) is 5.91 Å². The number of hydrogen-bond acceptors (Lipinski definition) is 8. The largest absolute Gasteiger partial charge is 0.366 e. The molecule has 43 heavy (non-hydrogen) atoms. The SMILES string of the molecule is CCC(C)C(NC(=O)c1ccc(-c2nc(N3CCN(C)CC3)sc2C)cc1)C(=O)N1CC(C#CC2CC2)C2OCC(=O)C21. The average Bonchev–Trinajstić information content (AvgIpc) is 3.49. The first kappa shape index (κ1) is 29.8. The number of nitrogens with one attached hydrogen (secondary N) is 1. The summed E-state index contributed by atoms with van der Waals surface area (Å²) < 4.78 is 5.81. The van der Waals surface area contributed by atoms with Gasteiger partial charge in [0, 0.05) is 54.6 Å². The summed E-state index contributed by atoms with van der Waals surface area (Å²) in [5, 5.41) is 4.04. The van der Waals surface area contributed by atoms with Gasteiger partial charge in [-0.15, -0.1) is 11.3 Å². The van der Waals surface area contributed by atoms with Gasteiger partial charge < -0.3 is 24.8 Å². The number of aryl methyl sites for hydroxylation is 1. The average molecular weight is 604 g/mol. The number of ether oxygens (including phenoxy) is 1. The zero-order chi connectivity index (χ0) is 30.2. The number of carbonyl (C=O) groups is 3. The number of hydrogen-bond donors (Lipinski definition) is 1. The van der Waals surface area contributed by atoms with E-state index in [2.05, 4.69) is 40.9 Å². The van der Waals surface area contributed by atoms with Crippen molar-refractivity contribution in [3.05, 3.63) is 34.7 Å². The molecule has 5 unspecified atom stereocenters. The maximum atomic E-state index is 14.0. The first-order valence-corrected chi connectivity index (χ1v) is 16.3. The van der Waals surface area contributed by atoms with Gasteiger partial charge in [0.15, 0.2) is 10.9 Å². The van der Waals surface area contributed by atoms with E-state index < -0.39 is 18.2 Å². The van der Waals surface area contributed by atoms with Crippen LogP contribution < -0.4 is 10.2 Å². The molecule has 0 spiro atoms. The molecule has 10 heteroatoms. The van der Waals surface area contributed by atoms with Gasteiger partial charge in [-0.1, -0.05) is 44.2 Å². The number of aromatic nitrogens is 1. The van der Waals surface area contributed by atoms with Crippen molar-refractivity contribution in [2.75, 3.05) is 51.3 Å². The van der Waals surface area contributed by atoms with E-state index in [1.54, 1.807) is 28.4 Å². The third-order valence-electron chi connectivity index (χ3n) is 9.26. The minimum absolute atomic E-state index is 0.00274. The number of ketones is 1. The summed E-state index contributed by atoms with van der Waals surface area (Å²) in [6, 6.07) is 6.04. The molecule has 3 saturated heterocycles. The number of amides is 2. The van der Waals surface area contributed by atoms with Crippen molar-refractivity contribution in [2.45, 2.75) is 58.2 Å². The number of thiazole rings is 1. The predicted octanol–water partition coefficient (Wildman–Crippen LogP) is 3.22. The molecule has 2 aromatic rings. The van der Waals surface area contributed by atoms with Crippen LogP contribution in [0.25, 0.3) is 11.3 Å². The molecule has 1 aromatic heterocycles. The standard InChI is InChI=1S/C33H41N5O4S/c1-5-20(2)27(32(41)38-18-25(9-8-22-6-7-22)30-29(38)26(39)19-42-30)34-31(40)24-12-10-23(11-13-24)28-21(3)43-33(35-28)37-16-14-36(4)15-17-37/h10-13,20,22,25,27,29-30H,5-7,14-19H2,1-4H3,(H,34,40). The highest BCUT2D eigenvalue weighted by Crippen LogP contribution is 2.35. The first-order chi connectivity index (χ1) is 20.7. The molecule has 4 aliphatic rings. The Hall–Kier alpha value is -3.26. The predicted molar refractivity (Wildman–Crippen MR) is 167 cm³/mol. The van der Waals surface area contributed by atoms with Crippen molar-refractivity contribution in [3.63, 3.8) is 0 Å². The minimum Gasteiger partial charge on any atom is -0.366 e. The van der Waals surface area contributed by atoms with E-state index in [1.165, 1.54) is 0 Å². The highest BCUT2D eigenvalue weighted by atomic mass is 32.1. The lowest BCUT2D eigenvalue weighted by atomic mass is 9.96. The molecule has 1 saturated carbocycles. The molecule has 2 amide bonds. The Balaban J connectivity index is 1.15. The fourth-order valence-electron chi connectivity index (χ4n) is 6.11. The van der Waals surface area contributed by atoms with Gasteiger partial charge in [-0.2, -0.15) is 0 Å². The second-order valence-electron chi connectivity index (χ2n) is 12.5. The number of rotatable bonds is 7. The molecule has 1 N–H and O–H groups in total. The van der Waals surface area contributed by atoms with E-state index in [-0.39, 0.29) is 36.0 Å². The lowest BCUT2D eigenvalue weighted by molar-refractivity contribution is -0.139. The molecule has 9 nitrogen and oxygen atoms in total. The van der Waals surface area contributed by atoms with Crippen molar-refractivity contribution < 1.29 is 19.1 Å². The second kappa shape index (κ2) is 12.4. The number of fused-ring (bicyclic) bond motifs is 1. The molecule has 5 atom stereocenters. The van der Waals surface area contributed by atoms with Crippen LogP contribution in [-0.4, -0.2) is 96.9 Å². The number of likely N-dealkylation sites (N-methyl/N-ethyl adjacent to an activating group) is 1. The Bertz CT molecular complexity index is 1430. The molecule has 1 aromatic carbocycles.